The first-order chi connectivity index (χ1) is 16.2. The number of nitrogens with zero attached hydrogens (tertiary/aromatic N) is 2. The zero-order valence-electron chi connectivity index (χ0n) is 17.8. The fraction of sp³-hybridized carbons (Fsp3) is 0.0357. The molecule has 0 saturated heterocycles. The van der Waals surface area contributed by atoms with E-state index >= 15 is 0 Å². The molecule has 0 bridgehead atoms. The van der Waals surface area contributed by atoms with Crippen LogP contribution >= 0.6 is 11.3 Å². The van der Waals surface area contributed by atoms with Gasteiger partial charge in [-0.3, -0.25) is 9.78 Å². The van der Waals surface area contributed by atoms with Crippen LogP contribution in [0.3, 0.4) is 0 Å². The number of benzene rings is 3. The van der Waals surface area contributed by atoms with Crippen molar-refractivity contribution >= 4 is 22.9 Å². The van der Waals surface area contributed by atoms with E-state index in [0.717, 1.165) is 38.6 Å². The van der Waals surface area contributed by atoms with Gasteiger partial charge in [0, 0.05) is 34.6 Å². The average Bonchev–Trinajstić information content (AvgIpc) is 3.36. The lowest BCUT2D eigenvalue weighted by atomic mass is 10.0. The van der Waals surface area contributed by atoms with E-state index in [-0.39, 0.29) is 5.91 Å². The van der Waals surface area contributed by atoms with E-state index < -0.39 is 0 Å². The summed E-state index contributed by atoms with van der Waals surface area (Å²) in [6, 6.07) is 30.0. The third-order valence-corrected chi connectivity index (χ3v) is 6.17. The summed E-state index contributed by atoms with van der Waals surface area (Å²) in [7, 11) is 0. The molecule has 0 aliphatic rings. The molecule has 160 valence electrons. The predicted octanol–water partition coefficient (Wildman–Crippen LogP) is 6.72. The van der Waals surface area contributed by atoms with Crippen LogP contribution in [-0.4, -0.2) is 15.9 Å². The predicted molar refractivity (Wildman–Crippen MR) is 135 cm³/mol. The lowest BCUT2D eigenvalue weighted by Crippen LogP contribution is -2.14. The molecule has 0 fully saturated rings. The number of hydrogen-bond acceptors (Lipinski definition) is 4. The van der Waals surface area contributed by atoms with Gasteiger partial charge >= 0.3 is 0 Å². The van der Waals surface area contributed by atoms with E-state index in [4.69, 9.17) is 4.98 Å². The Hall–Kier alpha value is -4.09. The van der Waals surface area contributed by atoms with Crippen LogP contribution in [0.15, 0.2) is 109 Å². The molecule has 5 aromatic rings. The minimum Gasteiger partial charge on any atom is -0.326 e. The summed E-state index contributed by atoms with van der Waals surface area (Å²) < 4.78 is 0. The van der Waals surface area contributed by atoms with E-state index in [1.807, 2.05) is 78.3 Å². The number of carbonyl (C=O) groups is 1. The van der Waals surface area contributed by atoms with E-state index in [2.05, 4.69) is 34.6 Å². The Kier molecular flexibility index (Phi) is 6.04. The summed E-state index contributed by atoms with van der Waals surface area (Å²) in [4.78, 5) is 21.5. The second-order valence-electron chi connectivity index (χ2n) is 7.65. The van der Waals surface area contributed by atoms with Crippen LogP contribution in [-0.2, 0) is 11.2 Å². The van der Waals surface area contributed by atoms with Gasteiger partial charge in [-0.15, -0.1) is 11.3 Å². The van der Waals surface area contributed by atoms with E-state index in [0.29, 0.717) is 6.42 Å². The maximum Gasteiger partial charge on any atom is 0.228 e. The van der Waals surface area contributed by atoms with Crippen molar-refractivity contribution in [2.75, 3.05) is 5.32 Å². The van der Waals surface area contributed by atoms with Gasteiger partial charge in [-0.25, -0.2) is 4.98 Å². The molecular weight excluding hydrogens is 426 g/mol. The Bertz CT molecular complexity index is 1360. The van der Waals surface area contributed by atoms with Crippen LogP contribution in [0.5, 0.6) is 0 Å². The molecule has 0 spiro atoms. The third kappa shape index (κ3) is 5.05. The second kappa shape index (κ2) is 9.59. The van der Waals surface area contributed by atoms with Crippen molar-refractivity contribution in [3.8, 4) is 33.0 Å². The highest BCUT2D eigenvalue weighted by molar-refractivity contribution is 7.13. The average molecular weight is 448 g/mol. The first-order valence-electron chi connectivity index (χ1n) is 10.7. The van der Waals surface area contributed by atoms with Crippen molar-refractivity contribution in [3.05, 3.63) is 114 Å². The standard InChI is InChI=1S/C28H21N3OS/c32-27(16-20-11-13-22(14-12-20)21-6-2-1-3-7-21)30-25-10-4-8-23(17-25)26-19-33-28(31-26)24-9-5-15-29-18-24/h1-15,17-19H,16H2,(H,30,32). The van der Waals surface area contributed by atoms with Crippen molar-refractivity contribution in [1.29, 1.82) is 0 Å². The molecule has 0 saturated carbocycles. The quantitative estimate of drug-likeness (QED) is 0.314. The monoisotopic (exact) mass is 447 g/mol. The third-order valence-electron chi connectivity index (χ3n) is 5.28. The van der Waals surface area contributed by atoms with Gasteiger partial charge in [0.1, 0.15) is 5.01 Å². The van der Waals surface area contributed by atoms with Crippen LogP contribution < -0.4 is 5.32 Å². The number of aromatic nitrogens is 2. The number of nitrogens with one attached hydrogen (secondary N) is 1. The molecule has 0 radical (unpaired) electrons. The number of thiazole rings is 1. The van der Waals surface area contributed by atoms with Crippen LogP contribution in [0.1, 0.15) is 5.56 Å². The van der Waals surface area contributed by atoms with Gasteiger partial charge in [-0.2, -0.15) is 0 Å². The molecule has 3 aromatic carbocycles. The van der Waals surface area contributed by atoms with Crippen LogP contribution in [0.25, 0.3) is 33.0 Å². The highest BCUT2D eigenvalue weighted by Crippen LogP contribution is 2.29. The normalized spacial score (nSPS) is 10.7. The second-order valence-corrected chi connectivity index (χ2v) is 8.51. The van der Waals surface area contributed by atoms with Gasteiger partial charge < -0.3 is 5.32 Å². The lowest BCUT2D eigenvalue weighted by Gasteiger charge is -2.08. The number of amides is 1. The fourth-order valence-corrected chi connectivity index (χ4v) is 4.44. The highest BCUT2D eigenvalue weighted by atomic mass is 32.1. The maximum absolute atomic E-state index is 12.6. The van der Waals surface area contributed by atoms with Gasteiger partial charge in [0.05, 0.1) is 12.1 Å². The first kappa shape index (κ1) is 20.8. The van der Waals surface area contributed by atoms with Crippen molar-refractivity contribution in [2.24, 2.45) is 0 Å². The summed E-state index contributed by atoms with van der Waals surface area (Å²) >= 11 is 1.58. The lowest BCUT2D eigenvalue weighted by molar-refractivity contribution is -0.115. The first-order valence-corrected chi connectivity index (χ1v) is 11.5. The zero-order valence-corrected chi connectivity index (χ0v) is 18.6. The Morgan fingerprint density at radius 3 is 2.33 bits per heavy atom. The zero-order chi connectivity index (χ0) is 22.5. The molecule has 4 nitrogen and oxygen atoms in total. The molecule has 0 atom stereocenters. The molecule has 0 aliphatic carbocycles. The summed E-state index contributed by atoms with van der Waals surface area (Å²) in [6.07, 6.45) is 3.88. The summed E-state index contributed by atoms with van der Waals surface area (Å²) in [5.74, 6) is -0.0473. The number of hydrogen-bond donors (Lipinski definition) is 1. The molecule has 0 aliphatic heterocycles. The molecule has 1 amide bonds. The smallest absolute Gasteiger partial charge is 0.228 e. The van der Waals surface area contributed by atoms with Crippen molar-refractivity contribution in [1.82, 2.24) is 9.97 Å². The molecule has 1 N–H and O–H groups in total. The van der Waals surface area contributed by atoms with Crippen molar-refractivity contribution in [2.45, 2.75) is 6.42 Å². The van der Waals surface area contributed by atoms with Gasteiger partial charge in [0.2, 0.25) is 5.91 Å². The number of pyridine rings is 1. The number of rotatable bonds is 6. The van der Waals surface area contributed by atoms with Crippen LogP contribution in [0.4, 0.5) is 5.69 Å². The fourth-order valence-electron chi connectivity index (χ4n) is 3.62. The van der Waals surface area contributed by atoms with E-state index in [1.165, 1.54) is 5.56 Å². The SMILES string of the molecule is O=C(Cc1ccc(-c2ccccc2)cc1)Nc1cccc(-c2csc(-c3cccnc3)n2)c1. The minimum atomic E-state index is -0.0473. The van der Waals surface area contributed by atoms with E-state index in [9.17, 15) is 4.79 Å². The Labute approximate surface area is 196 Å². The van der Waals surface area contributed by atoms with Gasteiger partial charge in [0.15, 0.2) is 0 Å². The number of anilines is 1. The van der Waals surface area contributed by atoms with Crippen LogP contribution in [0, 0.1) is 0 Å². The summed E-state index contributed by atoms with van der Waals surface area (Å²) in [5, 5.41) is 5.96. The molecule has 5 heteroatoms. The molecular formula is C28H21N3OS. The van der Waals surface area contributed by atoms with E-state index in [1.54, 1.807) is 17.5 Å². The maximum atomic E-state index is 12.6. The van der Waals surface area contributed by atoms with Gasteiger partial charge in [-0.05, 0) is 41.0 Å². The van der Waals surface area contributed by atoms with Gasteiger partial charge in [0.25, 0.3) is 0 Å². The highest BCUT2D eigenvalue weighted by Gasteiger charge is 2.09. The minimum absolute atomic E-state index is 0.0473. The topological polar surface area (TPSA) is 54.9 Å². The molecule has 2 heterocycles. The molecule has 2 aromatic heterocycles. The summed E-state index contributed by atoms with van der Waals surface area (Å²) in [5.41, 5.74) is 6.88. The Morgan fingerprint density at radius 1 is 0.788 bits per heavy atom. The molecule has 33 heavy (non-hydrogen) atoms. The molecule has 0 unspecified atom stereocenters. The van der Waals surface area contributed by atoms with Gasteiger partial charge in [-0.1, -0.05) is 66.7 Å². The van der Waals surface area contributed by atoms with Crippen molar-refractivity contribution in [3.63, 3.8) is 0 Å². The number of carbonyl (C=O) groups excluding carboxylic acids is 1. The van der Waals surface area contributed by atoms with Crippen molar-refractivity contribution < 1.29 is 4.79 Å². The largest absolute Gasteiger partial charge is 0.326 e. The Balaban J connectivity index is 1.25. The molecule has 5 rings (SSSR count). The summed E-state index contributed by atoms with van der Waals surface area (Å²) in [6.45, 7) is 0. The Morgan fingerprint density at radius 2 is 1.55 bits per heavy atom. The van der Waals surface area contributed by atoms with Crippen LogP contribution in [0.2, 0.25) is 0 Å².